The highest BCUT2D eigenvalue weighted by Gasteiger charge is 2.33. The molecule has 11 heteroatoms. The average Bonchev–Trinajstić information content (AvgIpc) is 2.69. The quantitative estimate of drug-likeness (QED) is 0.608. The van der Waals surface area contributed by atoms with Crippen LogP contribution in [0.4, 0.5) is 10.6 Å². The second-order valence-electron chi connectivity index (χ2n) is 9.86. The maximum Gasteiger partial charge on any atom is 0.410 e. The minimum Gasteiger partial charge on any atom is -0.491 e. The van der Waals surface area contributed by atoms with Crippen LogP contribution < -0.4 is 15.0 Å². The van der Waals surface area contributed by atoms with Crippen LogP contribution in [0.15, 0.2) is 6.07 Å². The minimum absolute atomic E-state index is 0.0445. The molecule has 0 radical (unpaired) electrons. The topological polar surface area (TPSA) is 113 Å². The molecule has 33 heavy (non-hydrogen) atoms. The predicted molar refractivity (Wildman–Crippen MR) is 124 cm³/mol. The summed E-state index contributed by atoms with van der Waals surface area (Å²) in [4.78, 5) is 32.4. The maximum absolute atomic E-state index is 12.4. The molecule has 2 saturated heterocycles. The van der Waals surface area contributed by atoms with Crippen LogP contribution in [0.1, 0.15) is 45.0 Å². The van der Waals surface area contributed by atoms with Gasteiger partial charge in [0.25, 0.3) is 0 Å². The predicted octanol–water partition coefficient (Wildman–Crippen LogP) is 2.64. The molecule has 2 aliphatic rings. The highest BCUT2D eigenvalue weighted by atomic mass is 35.5. The van der Waals surface area contributed by atoms with Crippen molar-refractivity contribution in [2.45, 2.75) is 51.9 Å². The number of ether oxygens (including phenoxy) is 3. The third-order valence-corrected chi connectivity index (χ3v) is 5.41. The van der Waals surface area contributed by atoms with Crippen LogP contribution in [0.2, 0.25) is 5.15 Å². The van der Waals surface area contributed by atoms with E-state index in [1.54, 1.807) is 4.90 Å². The Morgan fingerprint density at radius 3 is 2.73 bits per heavy atom. The van der Waals surface area contributed by atoms with Gasteiger partial charge in [0, 0.05) is 38.8 Å². The Balaban J connectivity index is 1.75. The monoisotopic (exact) mass is 484 g/mol. The van der Waals surface area contributed by atoms with Crippen molar-refractivity contribution in [3.8, 4) is 5.75 Å². The largest absolute Gasteiger partial charge is 0.491 e. The van der Waals surface area contributed by atoms with Crippen LogP contribution in [0.3, 0.4) is 0 Å². The number of hydrogen-bond acceptors (Lipinski definition) is 8. The molecule has 1 aromatic heterocycles. The summed E-state index contributed by atoms with van der Waals surface area (Å²) < 4.78 is 17.1. The van der Waals surface area contributed by atoms with Crippen molar-refractivity contribution in [3.63, 3.8) is 0 Å². The lowest BCUT2D eigenvalue weighted by molar-refractivity contribution is -0.0280. The van der Waals surface area contributed by atoms with Gasteiger partial charge in [0.05, 0.1) is 18.2 Å². The zero-order valence-corrected chi connectivity index (χ0v) is 20.6. The number of carbonyl (C=O) groups is 2. The number of nitrogens with one attached hydrogen (secondary N) is 1. The Kier molecular flexibility index (Phi) is 7.60. The molecule has 1 atom stereocenters. The lowest BCUT2D eigenvalue weighted by Crippen LogP contribution is -2.55. The van der Waals surface area contributed by atoms with Crippen molar-refractivity contribution in [3.05, 3.63) is 16.8 Å². The van der Waals surface area contributed by atoms with Gasteiger partial charge in [0.15, 0.2) is 0 Å². The lowest BCUT2D eigenvalue weighted by atomic mass is 10.1. The Hall–Kier alpha value is -2.30. The Morgan fingerprint density at radius 2 is 2.09 bits per heavy atom. The number of anilines is 1. The minimum atomic E-state index is -1.15. The number of aromatic nitrogens is 1. The first-order valence-corrected chi connectivity index (χ1v) is 11.4. The third kappa shape index (κ3) is 6.84. The van der Waals surface area contributed by atoms with E-state index in [0.29, 0.717) is 39.3 Å². The van der Waals surface area contributed by atoms with Gasteiger partial charge in [-0.1, -0.05) is 11.6 Å². The van der Waals surface area contributed by atoms with Gasteiger partial charge in [0.2, 0.25) is 0 Å². The number of aromatic carboxylic acids is 1. The smallest absolute Gasteiger partial charge is 0.410 e. The van der Waals surface area contributed by atoms with Gasteiger partial charge in [-0.2, -0.15) is 0 Å². The number of piperazine rings is 1. The molecule has 184 valence electrons. The van der Waals surface area contributed by atoms with Gasteiger partial charge in [-0.15, -0.1) is 0 Å². The van der Waals surface area contributed by atoms with Crippen LogP contribution in [-0.2, 0) is 9.47 Å². The molecule has 0 bridgehead atoms. The summed E-state index contributed by atoms with van der Waals surface area (Å²) in [5, 5.41) is 13.4. The first-order valence-electron chi connectivity index (χ1n) is 11.0. The first kappa shape index (κ1) is 25.3. The molecular formula is C22H33ClN4O6. The van der Waals surface area contributed by atoms with Crippen LogP contribution in [-0.4, -0.2) is 90.2 Å². The van der Waals surface area contributed by atoms with E-state index in [0.717, 1.165) is 0 Å². The molecule has 0 aliphatic carbocycles. The van der Waals surface area contributed by atoms with E-state index in [1.165, 1.54) is 6.07 Å². The molecule has 0 aromatic carbocycles. The van der Waals surface area contributed by atoms with E-state index in [4.69, 9.17) is 25.8 Å². The van der Waals surface area contributed by atoms with E-state index < -0.39 is 17.2 Å². The van der Waals surface area contributed by atoms with Gasteiger partial charge in [0.1, 0.15) is 34.5 Å². The highest BCUT2D eigenvalue weighted by Crippen LogP contribution is 2.33. The molecule has 3 rings (SSSR count). The molecule has 3 heterocycles. The summed E-state index contributed by atoms with van der Waals surface area (Å²) in [6, 6.07) is 1.21. The molecule has 2 fully saturated rings. The van der Waals surface area contributed by atoms with E-state index in [1.807, 2.05) is 39.5 Å². The zero-order chi connectivity index (χ0) is 24.4. The third-order valence-electron chi connectivity index (χ3n) is 5.22. The fraction of sp³-hybridized carbons (Fsp3) is 0.682. The van der Waals surface area contributed by atoms with E-state index in [-0.39, 0.29) is 41.0 Å². The fourth-order valence-corrected chi connectivity index (χ4v) is 4.02. The molecular weight excluding hydrogens is 452 g/mol. The van der Waals surface area contributed by atoms with E-state index >= 15 is 0 Å². The normalized spacial score (nSPS) is 21.0. The van der Waals surface area contributed by atoms with Crippen LogP contribution in [0, 0.1) is 0 Å². The molecule has 1 amide bonds. The van der Waals surface area contributed by atoms with Crippen molar-refractivity contribution < 1.29 is 28.9 Å². The first-order chi connectivity index (χ1) is 15.3. The van der Waals surface area contributed by atoms with Gasteiger partial charge in [-0.05, 0) is 34.6 Å². The van der Waals surface area contributed by atoms with E-state index in [2.05, 4.69) is 10.3 Å². The zero-order valence-electron chi connectivity index (χ0n) is 19.8. The number of carboxylic acid groups (broad SMARTS) is 1. The van der Waals surface area contributed by atoms with Crippen molar-refractivity contribution in [1.29, 1.82) is 0 Å². The fourth-order valence-electron chi connectivity index (χ4n) is 3.84. The molecule has 0 saturated carbocycles. The van der Waals surface area contributed by atoms with Gasteiger partial charge < -0.3 is 34.4 Å². The molecule has 1 aromatic rings. The Labute approximate surface area is 199 Å². The number of carboxylic acids is 1. The Morgan fingerprint density at radius 1 is 1.36 bits per heavy atom. The number of carbonyl (C=O) groups excluding carboxylic acids is 1. The van der Waals surface area contributed by atoms with Gasteiger partial charge in [-0.25, -0.2) is 14.6 Å². The van der Waals surface area contributed by atoms with Gasteiger partial charge >= 0.3 is 12.1 Å². The number of pyridine rings is 1. The van der Waals surface area contributed by atoms with Crippen LogP contribution >= 0.6 is 11.6 Å². The Bertz CT molecular complexity index is 888. The summed E-state index contributed by atoms with van der Waals surface area (Å²) in [7, 11) is 0. The number of nitrogens with zero attached hydrogens (tertiary/aromatic N) is 3. The molecule has 2 aliphatic heterocycles. The number of amides is 1. The molecule has 10 nitrogen and oxygen atoms in total. The summed E-state index contributed by atoms with van der Waals surface area (Å²) in [5.41, 5.74) is -1.07. The maximum atomic E-state index is 12.4. The number of morpholine rings is 1. The average molecular weight is 485 g/mol. The highest BCUT2D eigenvalue weighted by molar-refractivity contribution is 6.29. The number of hydrogen-bond donors (Lipinski definition) is 2. The van der Waals surface area contributed by atoms with Gasteiger partial charge in [-0.3, -0.25) is 0 Å². The van der Waals surface area contributed by atoms with Crippen LogP contribution in [0.5, 0.6) is 5.75 Å². The van der Waals surface area contributed by atoms with E-state index in [9.17, 15) is 14.7 Å². The van der Waals surface area contributed by atoms with Crippen molar-refractivity contribution >= 4 is 29.5 Å². The summed E-state index contributed by atoms with van der Waals surface area (Å²) in [5.74, 6) is -0.758. The van der Waals surface area contributed by atoms with Crippen LogP contribution in [0.25, 0.3) is 0 Å². The lowest BCUT2D eigenvalue weighted by Gasteiger charge is -2.39. The molecule has 0 unspecified atom stereocenters. The summed E-state index contributed by atoms with van der Waals surface area (Å²) in [6.45, 7) is 12.4. The molecule has 2 N–H and O–H groups in total. The van der Waals surface area contributed by atoms with Crippen molar-refractivity contribution in [1.82, 2.24) is 15.2 Å². The number of halogens is 1. The summed E-state index contributed by atoms with van der Waals surface area (Å²) in [6.07, 6.45) is -0.385. The molecule has 0 spiro atoms. The van der Waals surface area contributed by atoms with Crippen molar-refractivity contribution in [2.24, 2.45) is 0 Å². The SMILES string of the molecule is CC(C)(C)OC(=O)N1CCN[C@H](COc2cc(Cl)nc(N3CCOC(C)(C)C3)c2C(=O)O)C1. The second-order valence-corrected chi connectivity index (χ2v) is 10.3. The van der Waals surface area contributed by atoms with Crippen molar-refractivity contribution in [2.75, 3.05) is 50.8 Å². The summed E-state index contributed by atoms with van der Waals surface area (Å²) >= 11 is 6.24. The standard InChI is InChI=1S/C22H33ClN4O6/c1-21(2,3)33-20(30)26-7-6-24-14(11-26)12-31-15-10-16(23)25-18(17(15)19(28)29)27-8-9-32-22(4,5)13-27/h10,14,24H,6-9,11-13H2,1-5H3,(H,28,29)/t14-/m0/s1. The second kappa shape index (κ2) is 9.90. The number of rotatable bonds is 5.